The second kappa shape index (κ2) is 15.8. The minimum Gasteiger partial charge on any atom is -0.508 e. The first kappa shape index (κ1) is 32.6. The normalized spacial score (nSPS) is 13.9. The molecule has 15 nitrogen and oxygen atoms in total. The number of rotatable bonds is 16. The van der Waals surface area contributed by atoms with Crippen molar-refractivity contribution in [1.29, 1.82) is 0 Å². The first-order valence-corrected chi connectivity index (χ1v) is 13.1. The van der Waals surface area contributed by atoms with Gasteiger partial charge >= 0.3 is 5.97 Å². The van der Waals surface area contributed by atoms with Crippen molar-refractivity contribution < 1.29 is 29.4 Å². The average Bonchev–Trinajstić information content (AvgIpc) is 3.42. The summed E-state index contributed by atoms with van der Waals surface area (Å²) in [5.74, 6) is -3.70. The predicted molar refractivity (Wildman–Crippen MR) is 150 cm³/mol. The van der Waals surface area contributed by atoms with E-state index in [4.69, 9.17) is 17.2 Å². The van der Waals surface area contributed by atoms with E-state index in [1.165, 1.54) is 24.7 Å². The molecule has 0 radical (unpaired) electrons. The molecule has 224 valence electrons. The van der Waals surface area contributed by atoms with Gasteiger partial charge in [0.05, 0.1) is 12.4 Å². The number of aliphatic carboxylic acids is 1. The second-order valence-corrected chi connectivity index (χ2v) is 9.90. The van der Waals surface area contributed by atoms with Gasteiger partial charge in [0, 0.05) is 31.3 Å². The number of hydrogen-bond donors (Lipinski definition) is 9. The van der Waals surface area contributed by atoms with Crippen LogP contribution in [-0.4, -0.2) is 80.5 Å². The first-order chi connectivity index (χ1) is 19.4. The molecule has 2 rings (SSSR count). The highest BCUT2D eigenvalue weighted by Gasteiger charge is 2.32. The van der Waals surface area contributed by atoms with Crippen LogP contribution in [0.4, 0.5) is 0 Å². The Morgan fingerprint density at radius 3 is 2.20 bits per heavy atom. The van der Waals surface area contributed by atoms with Crippen LogP contribution >= 0.6 is 0 Å². The molecule has 12 N–H and O–H groups in total. The highest BCUT2D eigenvalue weighted by atomic mass is 16.4. The van der Waals surface area contributed by atoms with E-state index in [9.17, 15) is 29.4 Å². The maximum Gasteiger partial charge on any atom is 0.326 e. The number of nitrogens with two attached hydrogens (primary N) is 3. The van der Waals surface area contributed by atoms with E-state index in [0.29, 0.717) is 17.7 Å². The number of phenols is 1. The van der Waals surface area contributed by atoms with Crippen LogP contribution in [0.3, 0.4) is 0 Å². The lowest BCUT2D eigenvalue weighted by atomic mass is 10.00. The van der Waals surface area contributed by atoms with Crippen LogP contribution in [0.25, 0.3) is 0 Å². The van der Waals surface area contributed by atoms with Crippen LogP contribution in [0.15, 0.2) is 41.8 Å². The van der Waals surface area contributed by atoms with E-state index < -0.39 is 53.8 Å². The summed E-state index contributed by atoms with van der Waals surface area (Å²) in [6.45, 7) is 3.66. The Labute approximate surface area is 237 Å². The molecule has 0 saturated carbocycles. The Morgan fingerprint density at radius 2 is 1.63 bits per heavy atom. The smallest absolute Gasteiger partial charge is 0.326 e. The summed E-state index contributed by atoms with van der Waals surface area (Å²) in [4.78, 5) is 61.7. The Kier molecular flexibility index (Phi) is 12.6. The molecule has 0 aliphatic heterocycles. The number of carboxylic acid groups (broad SMARTS) is 1. The SMILES string of the molecule is CC(C)C(NC(=O)C(Cc1ccc(O)cc1)NC(=O)C(N)CCCN=C(N)N)C(=O)NC(Cc1cnc[nH]1)C(=O)O. The number of nitrogens with one attached hydrogen (secondary N) is 4. The Bertz CT molecular complexity index is 1180. The van der Waals surface area contributed by atoms with Crippen LogP contribution in [-0.2, 0) is 32.0 Å². The standard InChI is InChI=1S/C26H39N9O6/c1-14(2)21(24(39)34-20(25(40)41)11-16-12-30-13-32-16)35-23(38)19(10-15-5-7-17(36)8-6-15)33-22(37)18(27)4-3-9-31-26(28)29/h5-8,12-14,18-21,36H,3-4,9-11,27H2,1-2H3,(H,30,32)(H,33,37)(H,34,39)(H,35,38)(H,40,41)(H4,28,29,31). The maximum atomic E-state index is 13.4. The molecule has 0 aliphatic rings. The molecular weight excluding hydrogens is 534 g/mol. The largest absolute Gasteiger partial charge is 0.508 e. The molecule has 0 saturated heterocycles. The van der Waals surface area contributed by atoms with E-state index in [1.807, 2.05) is 0 Å². The Morgan fingerprint density at radius 1 is 0.976 bits per heavy atom. The topological polar surface area (TPSA) is 264 Å². The fourth-order valence-corrected chi connectivity index (χ4v) is 3.87. The number of guanidine groups is 1. The molecule has 0 spiro atoms. The number of aromatic hydroxyl groups is 1. The summed E-state index contributed by atoms with van der Waals surface area (Å²) in [5, 5.41) is 27.0. The molecule has 0 aliphatic carbocycles. The molecule has 3 amide bonds. The van der Waals surface area contributed by atoms with Gasteiger partial charge in [0.15, 0.2) is 5.96 Å². The molecule has 1 heterocycles. The van der Waals surface area contributed by atoms with Crippen LogP contribution in [0, 0.1) is 5.92 Å². The molecule has 4 unspecified atom stereocenters. The molecule has 0 fully saturated rings. The van der Waals surface area contributed by atoms with E-state index in [0.717, 1.165) is 0 Å². The molecule has 2 aromatic rings. The molecule has 15 heteroatoms. The van der Waals surface area contributed by atoms with Gasteiger partial charge in [-0.2, -0.15) is 0 Å². The van der Waals surface area contributed by atoms with Crippen LogP contribution in [0.5, 0.6) is 5.75 Å². The third-order valence-corrected chi connectivity index (χ3v) is 6.15. The van der Waals surface area contributed by atoms with Crippen LogP contribution < -0.4 is 33.2 Å². The van der Waals surface area contributed by atoms with E-state index >= 15 is 0 Å². The van der Waals surface area contributed by atoms with Gasteiger partial charge in [-0.25, -0.2) is 9.78 Å². The van der Waals surface area contributed by atoms with Gasteiger partial charge in [0.2, 0.25) is 17.7 Å². The fourth-order valence-electron chi connectivity index (χ4n) is 3.87. The van der Waals surface area contributed by atoms with Gasteiger partial charge in [-0.3, -0.25) is 19.4 Å². The Hall–Kier alpha value is -4.66. The molecule has 4 atom stereocenters. The van der Waals surface area contributed by atoms with Gasteiger partial charge in [0.25, 0.3) is 0 Å². The van der Waals surface area contributed by atoms with Crippen molar-refractivity contribution in [3.63, 3.8) is 0 Å². The first-order valence-electron chi connectivity index (χ1n) is 13.1. The van der Waals surface area contributed by atoms with Crippen molar-refractivity contribution in [2.24, 2.45) is 28.1 Å². The molecule has 1 aromatic heterocycles. The van der Waals surface area contributed by atoms with E-state index in [1.54, 1.807) is 26.0 Å². The average molecular weight is 574 g/mol. The number of aliphatic imine (C=N–C) groups is 1. The summed E-state index contributed by atoms with van der Waals surface area (Å²) in [7, 11) is 0. The molecule has 1 aromatic carbocycles. The second-order valence-electron chi connectivity index (χ2n) is 9.90. The minimum absolute atomic E-state index is 0.0289. The van der Waals surface area contributed by atoms with Crippen molar-refractivity contribution in [3.8, 4) is 5.75 Å². The highest BCUT2D eigenvalue weighted by Crippen LogP contribution is 2.13. The zero-order valence-electron chi connectivity index (χ0n) is 23.0. The summed E-state index contributed by atoms with van der Waals surface area (Å²) in [5.41, 5.74) is 17.8. The van der Waals surface area contributed by atoms with E-state index in [2.05, 4.69) is 30.9 Å². The molecule has 41 heavy (non-hydrogen) atoms. The number of H-pyrrole nitrogens is 1. The Balaban J connectivity index is 2.16. The van der Waals surface area contributed by atoms with Crippen molar-refractivity contribution in [3.05, 3.63) is 48.0 Å². The summed E-state index contributed by atoms with van der Waals surface area (Å²) >= 11 is 0. The number of amides is 3. The lowest BCUT2D eigenvalue weighted by Gasteiger charge is -2.27. The van der Waals surface area contributed by atoms with Crippen molar-refractivity contribution in [2.45, 2.75) is 63.7 Å². The summed E-state index contributed by atoms with van der Waals surface area (Å²) in [6.07, 6.45) is 3.51. The lowest BCUT2D eigenvalue weighted by molar-refractivity contribution is -0.142. The zero-order chi connectivity index (χ0) is 30.5. The quantitative estimate of drug-likeness (QED) is 0.0635. The molecule has 0 bridgehead atoms. The number of carbonyl (C=O) groups excluding carboxylic acids is 3. The highest BCUT2D eigenvalue weighted by molar-refractivity contribution is 5.94. The number of phenolic OH excluding ortho intramolecular Hbond substituents is 1. The minimum atomic E-state index is -1.27. The zero-order valence-corrected chi connectivity index (χ0v) is 23.0. The van der Waals surface area contributed by atoms with E-state index in [-0.39, 0.29) is 37.5 Å². The van der Waals surface area contributed by atoms with Crippen LogP contribution in [0.2, 0.25) is 0 Å². The summed E-state index contributed by atoms with van der Waals surface area (Å²) < 4.78 is 0. The van der Waals surface area contributed by atoms with Gasteiger partial charge in [-0.15, -0.1) is 0 Å². The number of carbonyl (C=O) groups is 4. The monoisotopic (exact) mass is 573 g/mol. The van der Waals surface area contributed by atoms with Gasteiger partial charge in [-0.1, -0.05) is 26.0 Å². The number of benzene rings is 1. The lowest BCUT2D eigenvalue weighted by Crippen LogP contribution is -2.59. The third kappa shape index (κ3) is 11.2. The van der Waals surface area contributed by atoms with Gasteiger partial charge < -0.3 is 48.3 Å². The van der Waals surface area contributed by atoms with Crippen molar-refractivity contribution in [2.75, 3.05) is 6.54 Å². The summed E-state index contributed by atoms with van der Waals surface area (Å²) in [6, 6.07) is 1.60. The van der Waals surface area contributed by atoms with Gasteiger partial charge in [-0.05, 0) is 36.5 Å². The van der Waals surface area contributed by atoms with Crippen LogP contribution in [0.1, 0.15) is 37.9 Å². The predicted octanol–water partition coefficient (Wildman–Crippen LogP) is -1.52. The number of aromatic amines is 1. The molecular formula is C26H39N9O6. The third-order valence-electron chi connectivity index (χ3n) is 6.15. The number of carboxylic acids is 1. The van der Waals surface area contributed by atoms with Gasteiger partial charge in [0.1, 0.15) is 23.9 Å². The maximum absolute atomic E-state index is 13.4. The fraction of sp³-hybridized carbons (Fsp3) is 0.462. The number of aromatic nitrogens is 2. The number of nitrogens with zero attached hydrogens (tertiary/aromatic N) is 2. The number of hydrogen-bond acceptors (Lipinski definition) is 8. The number of imidazole rings is 1. The van der Waals surface area contributed by atoms with Crippen molar-refractivity contribution >= 4 is 29.7 Å². The van der Waals surface area contributed by atoms with Crippen molar-refractivity contribution in [1.82, 2.24) is 25.9 Å².